The maximum absolute atomic E-state index is 13.3. The van der Waals surface area contributed by atoms with E-state index in [1.54, 1.807) is 0 Å². The summed E-state index contributed by atoms with van der Waals surface area (Å²) in [5.41, 5.74) is 1.12. The molecule has 0 aliphatic carbocycles. The van der Waals surface area contributed by atoms with E-state index in [0.29, 0.717) is 12.5 Å². The summed E-state index contributed by atoms with van der Waals surface area (Å²) in [5, 5.41) is 12.2. The maximum Gasteiger partial charge on any atom is 0.147 e. The highest BCUT2D eigenvalue weighted by atomic mass is 19.1. The summed E-state index contributed by atoms with van der Waals surface area (Å²) in [6.07, 6.45) is 4.26. The van der Waals surface area contributed by atoms with E-state index in [1.807, 2.05) is 12.1 Å². The van der Waals surface area contributed by atoms with Crippen molar-refractivity contribution in [1.82, 2.24) is 20.1 Å². The van der Waals surface area contributed by atoms with Crippen LogP contribution in [0.25, 0.3) is 0 Å². The lowest BCUT2D eigenvalue weighted by Crippen LogP contribution is -2.25. The Balaban J connectivity index is 1.47. The Morgan fingerprint density at radius 1 is 1.29 bits per heavy atom. The highest BCUT2D eigenvalue weighted by Crippen LogP contribution is 2.27. The zero-order chi connectivity index (χ0) is 16.4. The first kappa shape index (κ1) is 15.7. The van der Waals surface area contributed by atoms with Gasteiger partial charge in [-0.05, 0) is 42.9 Å². The molecule has 2 aliphatic rings. The number of benzene rings is 1. The average molecular weight is 330 g/mol. The summed E-state index contributed by atoms with van der Waals surface area (Å²) in [5.74, 6) is 2.44. The molecule has 6 heteroatoms. The van der Waals surface area contributed by atoms with E-state index in [4.69, 9.17) is 4.74 Å². The van der Waals surface area contributed by atoms with Crippen LogP contribution in [0.4, 0.5) is 4.39 Å². The van der Waals surface area contributed by atoms with Crippen LogP contribution in [-0.2, 0) is 24.2 Å². The number of rotatable bonds is 6. The molecule has 128 valence electrons. The smallest absolute Gasteiger partial charge is 0.147 e. The predicted octanol–water partition coefficient (Wildman–Crippen LogP) is 2.62. The molecule has 1 aromatic carbocycles. The molecule has 1 N–H and O–H groups in total. The molecule has 5 nitrogen and oxygen atoms in total. The number of hydrogen-bond donors (Lipinski definition) is 1. The Bertz CT molecular complexity index is 679. The SMILES string of the molecule is Fc1ccc(C(CC2CCOC2)NCc2nnc3n2CCC3)cc1. The summed E-state index contributed by atoms with van der Waals surface area (Å²) in [6, 6.07) is 6.98. The quantitative estimate of drug-likeness (QED) is 0.885. The standard InChI is InChI=1S/C18H23FN4O/c19-15-5-3-14(4-6-15)16(10-13-7-9-24-12-13)20-11-18-22-21-17-2-1-8-23(17)18/h3-6,13,16,20H,1-2,7-12H2. The summed E-state index contributed by atoms with van der Waals surface area (Å²) in [7, 11) is 0. The van der Waals surface area contributed by atoms with Gasteiger partial charge in [-0.1, -0.05) is 12.1 Å². The van der Waals surface area contributed by atoms with Crippen molar-refractivity contribution in [1.29, 1.82) is 0 Å². The molecule has 3 heterocycles. The molecule has 2 aromatic rings. The number of aryl methyl sites for hydroxylation is 1. The molecular weight excluding hydrogens is 307 g/mol. The highest BCUT2D eigenvalue weighted by Gasteiger charge is 2.23. The number of aromatic nitrogens is 3. The summed E-state index contributed by atoms with van der Waals surface area (Å²) in [4.78, 5) is 0. The van der Waals surface area contributed by atoms with Crippen LogP contribution in [-0.4, -0.2) is 28.0 Å². The molecule has 0 spiro atoms. The van der Waals surface area contributed by atoms with Crippen LogP contribution >= 0.6 is 0 Å². The first-order chi connectivity index (χ1) is 11.8. The van der Waals surface area contributed by atoms with Crippen molar-refractivity contribution >= 4 is 0 Å². The van der Waals surface area contributed by atoms with Crippen LogP contribution in [0, 0.1) is 11.7 Å². The Labute approximate surface area is 141 Å². The van der Waals surface area contributed by atoms with E-state index in [9.17, 15) is 4.39 Å². The third-order valence-electron chi connectivity index (χ3n) is 5.06. The van der Waals surface area contributed by atoms with E-state index in [2.05, 4.69) is 20.1 Å². The van der Waals surface area contributed by atoms with E-state index in [-0.39, 0.29) is 11.9 Å². The molecule has 2 aliphatic heterocycles. The second-order valence-electron chi connectivity index (χ2n) is 6.74. The zero-order valence-electron chi connectivity index (χ0n) is 13.7. The highest BCUT2D eigenvalue weighted by molar-refractivity contribution is 5.20. The van der Waals surface area contributed by atoms with Crippen LogP contribution in [0.15, 0.2) is 24.3 Å². The molecule has 1 aromatic heterocycles. The Morgan fingerprint density at radius 3 is 2.96 bits per heavy atom. The van der Waals surface area contributed by atoms with Gasteiger partial charge in [0.15, 0.2) is 0 Å². The van der Waals surface area contributed by atoms with Gasteiger partial charge in [-0.2, -0.15) is 0 Å². The normalized spacial score (nSPS) is 21.1. The lowest BCUT2D eigenvalue weighted by atomic mass is 9.94. The van der Waals surface area contributed by atoms with Crippen LogP contribution in [0.5, 0.6) is 0 Å². The summed E-state index contributed by atoms with van der Waals surface area (Å²) < 4.78 is 21.0. The van der Waals surface area contributed by atoms with Gasteiger partial charge in [0.1, 0.15) is 17.5 Å². The molecular formula is C18H23FN4O. The van der Waals surface area contributed by atoms with Crippen molar-refractivity contribution < 1.29 is 9.13 Å². The van der Waals surface area contributed by atoms with Crippen LogP contribution in [0.2, 0.25) is 0 Å². The number of ether oxygens (including phenoxy) is 1. The monoisotopic (exact) mass is 330 g/mol. The van der Waals surface area contributed by atoms with Gasteiger partial charge in [0.05, 0.1) is 6.54 Å². The number of hydrogen-bond acceptors (Lipinski definition) is 4. The van der Waals surface area contributed by atoms with Crippen molar-refractivity contribution in [3.8, 4) is 0 Å². The van der Waals surface area contributed by atoms with Crippen molar-refractivity contribution in [2.75, 3.05) is 13.2 Å². The topological polar surface area (TPSA) is 52.0 Å². The maximum atomic E-state index is 13.3. The Kier molecular flexibility index (Phi) is 4.58. The van der Waals surface area contributed by atoms with Gasteiger partial charge in [0.2, 0.25) is 0 Å². The second kappa shape index (κ2) is 6.99. The fraction of sp³-hybridized carbons (Fsp3) is 0.556. The molecule has 24 heavy (non-hydrogen) atoms. The van der Waals surface area contributed by atoms with Crippen molar-refractivity contribution in [2.45, 2.75) is 44.8 Å². The van der Waals surface area contributed by atoms with Gasteiger partial charge in [-0.3, -0.25) is 0 Å². The molecule has 2 unspecified atom stereocenters. The average Bonchev–Trinajstić information content (AvgIpc) is 3.31. The minimum absolute atomic E-state index is 0.173. The van der Waals surface area contributed by atoms with E-state index in [1.165, 1.54) is 12.1 Å². The second-order valence-corrected chi connectivity index (χ2v) is 6.74. The van der Waals surface area contributed by atoms with Crippen LogP contribution in [0.1, 0.15) is 42.5 Å². The van der Waals surface area contributed by atoms with Crippen molar-refractivity contribution in [2.24, 2.45) is 5.92 Å². The van der Waals surface area contributed by atoms with Gasteiger partial charge >= 0.3 is 0 Å². The van der Waals surface area contributed by atoms with Gasteiger partial charge in [0, 0.05) is 32.2 Å². The number of halogens is 1. The third-order valence-corrected chi connectivity index (χ3v) is 5.06. The van der Waals surface area contributed by atoms with Gasteiger partial charge in [-0.15, -0.1) is 10.2 Å². The minimum Gasteiger partial charge on any atom is -0.381 e. The molecule has 0 saturated carbocycles. The summed E-state index contributed by atoms with van der Waals surface area (Å²) >= 11 is 0. The molecule has 1 fully saturated rings. The van der Waals surface area contributed by atoms with Crippen LogP contribution in [0.3, 0.4) is 0 Å². The number of nitrogens with zero attached hydrogens (tertiary/aromatic N) is 3. The first-order valence-corrected chi connectivity index (χ1v) is 8.77. The minimum atomic E-state index is -0.197. The molecule has 1 saturated heterocycles. The van der Waals surface area contributed by atoms with Crippen LogP contribution < -0.4 is 5.32 Å². The predicted molar refractivity (Wildman–Crippen MR) is 87.9 cm³/mol. The fourth-order valence-electron chi connectivity index (χ4n) is 3.69. The lowest BCUT2D eigenvalue weighted by Gasteiger charge is -2.22. The van der Waals surface area contributed by atoms with Crippen molar-refractivity contribution in [3.63, 3.8) is 0 Å². The third kappa shape index (κ3) is 3.35. The van der Waals surface area contributed by atoms with E-state index < -0.39 is 0 Å². The van der Waals surface area contributed by atoms with Crippen molar-refractivity contribution in [3.05, 3.63) is 47.3 Å². The Morgan fingerprint density at radius 2 is 2.17 bits per heavy atom. The molecule has 0 radical (unpaired) electrons. The Hall–Kier alpha value is -1.79. The van der Waals surface area contributed by atoms with E-state index >= 15 is 0 Å². The van der Waals surface area contributed by atoms with Gasteiger partial charge in [-0.25, -0.2) is 4.39 Å². The fourth-order valence-corrected chi connectivity index (χ4v) is 3.69. The zero-order valence-corrected chi connectivity index (χ0v) is 13.7. The molecule has 2 atom stereocenters. The van der Waals surface area contributed by atoms with E-state index in [0.717, 1.165) is 62.7 Å². The largest absolute Gasteiger partial charge is 0.381 e. The van der Waals surface area contributed by atoms with Gasteiger partial charge < -0.3 is 14.6 Å². The number of nitrogens with one attached hydrogen (secondary N) is 1. The molecule has 4 rings (SSSR count). The first-order valence-electron chi connectivity index (χ1n) is 8.77. The lowest BCUT2D eigenvalue weighted by molar-refractivity contribution is 0.181. The summed E-state index contributed by atoms with van der Waals surface area (Å²) in [6.45, 7) is 3.36. The molecule has 0 amide bonds. The molecule has 0 bridgehead atoms. The van der Waals surface area contributed by atoms with Gasteiger partial charge in [0.25, 0.3) is 0 Å². The number of fused-ring (bicyclic) bond motifs is 1.